The average molecular weight is 223 g/mol. The zero-order valence-corrected chi connectivity index (χ0v) is 10.3. The predicted octanol–water partition coefficient (Wildman–Crippen LogP) is 2.92. The highest BCUT2D eigenvalue weighted by Gasteiger charge is 2.02. The van der Waals surface area contributed by atoms with Crippen LogP contribution in [0.3, 0.4) is 0 Å². The molecule has 0 amide bonds. The van der Waals surface area contributed by atoms with Gasteiger partial charge in [-0.25, -0.2) is 0 Å². The van der Waals surface area contributed by atoms with Crippen molar-refractivity contribution in [2.75, 3.05) is 25.6 Å². The van der Waals surface area contributed by atoms with Gasteiger partial charge in [0.2, 0.25) is 0 Å². The van der Waals surface area contributed by atoms with Gasteiger partial charge < -0.3 is 14.8 Å². The molecule has 0 aliphatic carbocycles. The lowest BCUT2D eigenvalue weighted by Crippen LogP contribution is -2.17. The molecule has 0 fully saturated rings. The molecule has 0 bridgehead atoms. The lowest BCUT2D eigenvalue weighted by molar-refractivity contribution is 0.191. The highest BCUT2D eigenvalue weighted by atomic mass is 16.5. The van der Waals surface area contributed by atoms with Gasteiger partial charge in [-0.3, -0.25) is 0 Å². The molecule has 16 heavy (non-hydrogen) atoms. The van der Waals surface area contributed by atoms with E-state index in [1.807, 2.05) is 31.2 Å². The molecule has 90 valence electrons. The van der Waals surface area contributed by atoms with Crippen LogP contribution in [0.2, 0.25) is 0 Å². The van der Waals surface area contributed by atoms with Crippen molar-refractivity contribution in [2.45, 2.75) is 26.3 Å². The Labute approximate surface area is 97.8 Å². The molecule has 0 aliphatic rings. The van der Waals surface area contributed by atoms with E-state index in [9.17, 15) is 0 Å². The first-order valence-corrected chi connectivity index (χ1v) is 5.74. The van der Waals surface area contributed by atoms with Crippen LogP contribution < -0.4 is 10.1 Å². The summed E-state index contributed by atoms with van der Waals surface area (Å²) in [7, 11) is 1.72. The Hall–Kier alpha value is -1.22. The normalized spacial score (nSPS) is 12.2. The van der Waals surface area contributed by atoms with Crippen molar-refractivity contribution in [2.24, 2.45) is 0 Å². The van der Waals surface area contributed by atoms with Crippen molar-refractivity contribution >= 4 is 5.69 Å². The Balaban J connectivity index is 2.49. The van der Waals surface area contributed by atoms with Crippen LogP contribution in [0.5, 0.6) is 5.75 Å². The van der Waals surface area contributed by atoms with Gasteiger partial charge in [0.05, 0.1) is 6.61 Å². The number of benzene rings is 1. The molecular formula is C13H21NO2. The van der Waals surface area contributed by atoms with Crippen LogP contribution in [0.25, 0.3) is 0 Å². The van der Waals surface area contributed by atoms with Gasteiger partial charge in [-0.05, 0) is 32.4 Å². The number of rotatable bonds is 7. The second-order valence-corrected chi connectivity index (χ2v) is 3.79. The highest BCUT2D eigenvalue weighted by molar-refractivity contribution is 5.48. The zero-order chi connectivity index (χ0) is 11.8. The predicted molar refractivity (Wildman–Crippen MR) is 67.2 cm³/mol. The minimum absolute atomic E-state index is 0.400. The first-order chi connectivity index (χ1) is 7.76. The maximum atomic E-state index is 5.44. The summed E-state index contributed by atoms with van der Waals surface area (Å²) in [4.78, 5) is 0. The summed E-state index contributed by atoms with van der Waals surface area (Å²) in [5, 5.41) is 3.42. The Morgan fingerprint density at radius 3 is 2.88 bits per heavy atom. The minimum atomic E-state index is 0.400. The van der Waals surface area contributed by atoms with Crippen LogP contribution in [-0.4, -0.2) is 26.4 Å². The molecule has 0 radical (unpaired) electrons. The molecule has 0 saturated heterocycles. The van der Waals surface area contributed by atoms with E-state index in [0.717, 1.165) is 24.5 Å². The average Bonchev–Trinajstić information content (AvgIpc) is 2.27. The summed E-state index contributed by atoms with van der Waals surface area (Å²) in [6.07, 6.45) is 0.995. The number of anilines is 1. The minimum Gasteiger partial charge on any atom is -0.494 e. The van der Waals surface area contributed by atoms with E-state index in [-0.39, 0.29) is 0 Å². The molecule has 0 aromatic heterocycles. The molecule has 1 aromatic carbocycles. The third kappa shape index (κ3) is 4.53. The largest absolute Gasteiger partial charge is 0.494 e. The van der Waals surface area contributed by atoms with Crippen molar-refractivity contribution in [1.29, 1.82) is 0 Å². The Bertz CT molecular complexity index is 302. The summed E-state index contributed by atoms with van der Waals surface area (Å²) in [5.41, 5.74) is 1.09. The lowest BCUT2D eigenvalue weighted by atomic mass is 10.2. The third-order valence-corrected chi connectivity index (χ3v) is 2.31. The Morgan fingerprint density at radius 1 is 1.38 bits per heavy atom. The van der Waals surface area contributed by atoms with Crippen molar-refractivity contribution < 1.29 is 9.47 Å². The molecule has 0 heterocycles. The van der Waals surface area contributed by atoms with Gasteiger partial charge >= 0.3 is 0 Å². The molecule has 0 aliphatic heterocycles. The molecule has 1 N–H and O–H groups in total. The number of methoxy groups -OCH3 is 1. The van der Waals surface area contributed by atoms with Crippen molar-refractivity contribution in [3.63, 3.8) is 0 Å². The van der Waals surface area contributed by atoms with Gasteiger partial charge in [0.15, 0.2) is 0 Å². The Kier molecular flexibility index (Phi) is 5.72. The summed E-state index contributed by atoms with van der Waals surface area (Å²) >= 11 is 0. The summed E-state index contributed by atoms with van der Waals surface area (Å²) < 4.78 is 10.5. The molecule has 0 spiro atoms. The van der Waals surface area contributed by atoms with Gasteiger partial charge in [-0.15, -0.1) is 0 Å². The molecule has 1 aromatic rings. The van der Waals surface area contributed by atoms with Crippen LogP contribution in [-0.2, 0) is 4.74 Å². The van der Waals surface area contributed by atoms with Gasteiger partial charge in [0.1, 0.15) is 5.75 Å². The molecule has 3 nitrogen and oxygen atoms in total. The van der Waals surface area contributed by atoms with Crippen LogP contribution in [0, 0.1) is 0 Å². The summed E-state index contributed by atoms with van der Waals surface area (Å²) in [6, 6.07) is 8.43. The molecule has 1 rings (SSSR count). The second-order valence-electron chi connectivity index (χ2n) is 3.79. The number of hydrogen-bond acceptors (Lipinski definition) is 3. The van der Waals surface area contributed by atoms with E-state index in [2.05, 4.69) is 12.2 Å². The summed E-state index contributed by atoms with van der Waals surface area (Å²) in [5.74, 6) is 0.909. The number of nitrogens with one attached hydrogen (secondary N) is 1. The maximum absolute atomic E-state index is 5.44. The van der Waals surface area contributed by atoms with Gasteiger partial charge in [-0.2, -0.15) is 0 Å². The fourth-order valence-corrected chi connectivity index (χ4v) is 1.49. The standard InChI is InChI=1S/C13H21NO2/c1-4-16-13-7-5-6-12(10-13)14-11(2)8-9-15-3/h5-7,10-11,14H,4,8-9H2,1-3H3. The van der Waals surface area contributed by atoms with Crippen LogP contribution in [0.4, 0.5) is 5.69 Å². The second kappa shape index (κ2) is 7.12. The van der Waals surface area contributed by atoms with E-state index in [4.69, 9.17) is 9.47 Å². The number of hydrogen-bond donors (Lipinski definition) is 1. The smallest absolute Gasteiger partial charge is 0.121 e. The fourth-order valence-electron chi connectivity index (χ4n) is 1.49. The fraction of sp³-hybridized carbons (Fsp3) is 0.538. The van der Waals surface area contributed by atoms with Crippen LogP contribution in [0.1, 0.15) is 20.3 Å². The van der Waals surface area contributed by atoms with E-state index in [0.29, 0.717) is 12.6 Å². The van der Waals surface area contributed by atoms with Crippen molar-refractivity contribution in [1.82, 2.24) is 0 Å². The monoisotopic (exact) mass is 223 g/mol. The topological polar surface area (TPSA) is 30.5 Å². The molecular weight excluding hydrogens is 202 g/mol. The van der Waals surface area contributed by atoms with Gasteiger partial charge in [0, 0.05) is 31.5 Å². The van der Waals surface area contributed by atoms with Crippen LogP contribution in [0.15, 0.2) is 24.3 Å². The first kappa shape index (κ1) is 12.8. The zero-order valence-electron chi connectivity index (χ0n) is 10.3. The van der Waals surface area contributed by atoms with E-state index in [1.54, 1.807) is 7.11 Å². The van der Waals surface area contributed by atoms with Crippen molar-refractivity contribution in [3.05, 3.63) is 24.3 Å². The lowest BCUT2D eigenvalue weighted by Gasteiger charge is -2.15. The maximum Gasteiger partial charge on any atom is 0.121 e. The van der Waals surface area contributed by atoms with Gasteiger partial charge in [-0.1, -0.05) is 6.07 Å². The van der Waals surface area contributed by atoms with Crippen LogP contribution >= 0.6 is 0 Å². The van der Waals surface area contributed by atoms with Crippen molar-refractivity contribution in [3.8, 4) is 5.75 Å². The quantitative estimate of drug-likeness (QED) is 0.771. The highest BCUT2D eigenvalue weighted by Crippen LogP contribution is 2.18. The van der Waals surface area contributed by atoms with E-state index >= 15 is 0 Å². The molecule has 1 unspecified atom stereocenters. The van der Waals surface area contributed by atoms with E-state index in [1.165, 1.54) is 0 Å². The van der Waals surface area contributed by atoms with E-state index < -0.39 is 0 Å². The molecule has 3 heteroatoms. The Morgan fingerprint density at radius 2 is 2.19 bits per heavy atom. The molecule has 0 saturated carbocycles. The first-order valence-electron chi connectivity index (χ1n) is 5.74. The molecule has 1 atom stereocenters. The summed E-state index contributed by atoms with van der Waals surface area (Å²) in [6.45, 7) is 5.61. The third-order valence-electron chi connectivity index (χ3n) is 2.31. The SMILES string of the molecule is CCOc1cccc(NC(C)CCOC)c1. The van der Waals surface area contributed by atoms with Gasteiger partial charge in [0.25, 0.3) is 0 Å². The number of ether oxygens (including phenoxy) is 2.